The van der Waals surface area contributed by atoms with E-state index in [2.05, 4.69) is 32.3 Å². The number of hydrogen-bond donors (Lipinski definition) is 1. The number of carbonyl (C=O) groups is 1. The molecule has 0 atom stereocenters. The minimum atomic E-state index is 0.148. The quantitative estimate of drug-likeness (QED) is 0.887. The molecular formula is C19H24N4O. The molecule has 1 fully saturated rings. The summed E-state index contributed by atoms with van der Waals surface area (Å²) >= 11 is 0. The van der Waals surface area contributed by atoms with Crippen LogP contribution < -0.4 is 10.2 Å². The van der Waals surface area contributed by atoms with Gasteiger partial charge < -0.3 is 10.2 Å². The molecule has 3 rings (SSSR count). The zero-order valence-corrected chi connectivity index (χ0v) is 13.9. The van der Waals surface area contributed by atoms with Crippen LogP contribution in [0.4, 0.5) is 5.82 Å². The van der Waals surface area contributed by atoms with Crippen LogP contribution in [-0.4, -0.2) is 35.5 Å². The molecule has 0 bridgehead atoms. The van der Waals surface area contributed by atoms with Crippen molar-refractivity contribution in [3.8, 4) is 0 Å². The monoisotopic (exact) mass is 324 g/mol. The van der Waals surface area contributed by atoms with E-state index in [-0.39, 0.29) is 5.91 Å². The smallest absolute Gasteiger partial charge is 0.220 e. The lowest BCUT2D eigenvalue weighted by Gasteiger charge is -2.32. The summed E-state index contributed by atoms with van der Waals surface area (Å²) in [5.41, 5.74) is 1.21. The Kier molecular flexibility index (Phi) is 5.77. The van der Waals surface area contributed by atoms with Crippen LogP contribution in [0.25, 0.3) is 0 Å². The van der Waals surface area contributed by atoms with E-state index in [9.17, 15) is 4.79 Å². The van der Waals surface area contributed by atoms with Gasteiger partial charge in [0, 0.05) is 38.4 Å². The van der Waals surface area contributed by atoms with Crippen LogP contribution in [0.15, 0.2) is 48.9 Å². The zero-order chi connectivity index (χ0) is 16.6. The van der Waals surface area contributed by atoms with Gasteiger partial charge in [0.15, 0.2) is 0 Å². The van der Waals surface area contributed by atoms with Crippen LogP contribution in [0.5, 0.6) is 0 Å². The Hall–Kier alpha value is -2.43. The topological polar surface area (TPSA) is 58.1 Å². The molecule has 1 amide bonds. The standard InChI is InChI=1S/C19H24N4O/c24-19(7-6-16-4-2-1-3-5-16)22-14-17-8-12-23(13-9-17)18-15-20-10-11-21-18/h1-5,10-11,15,17H,6-9,12-14H2,(H,22,24). The van der Waals surface area contributed by atoms with Gasteiger partial charge in [-0.25, -0.2) is 4.98 Å². The third-order valence-electron chi connectivity index (χ3n) is 4.56. The molecule has 5 heteroatoms. The second-order valence-corrected chi connectivity index (χ2v) is 6.28. The van der Waals surface area contributed by atoms with E-state index in [0.717, 1.165) is 44.7 Å². The fourth-order valence-electron chi connectivity index (χ4n) is 3.07. The van der Waals surface area contributed by atoms with Crippen molar-refractivity contribution in [2.24, 2.45) is 5.92 Å². The Labute approximate surface area is 143 Å². The normalized spacial score (nSPS) is 15.2. The van der Waals surface area contributed by atoms with Crippen LogP contribution in [-0.2, 0) is 11.2 Å². The first-order valence-electron chi connectivity index (χ1n) is 8.63. The molecule has 0 unspecified atom stereocenters. The van der Waals surface area contributed by atoms with Gasteiger partial charge in [0.25, 0.3) is 0 Å². The van der Waals surface area contributed by atoms with E-state index >= 15 is 0 Å². The number of amides is 1. The van der Waals surface area contributed by atoms with Crippen molar-refractivity contribution in [3.63, 3.8) is 0 Å². The maximum atomic E-state index is 12.0. The number of piperidine rings is 1. The maximum Gasteiger partial charge on any atom is 0.220 e. The predicted molar refractivity (Wildman–Crippen MR) is 94.7 cm³/mol. The molecule has 5 nitrogen and oxygen atoms in total. The largest absolute Gasteiger partial charge is 0.356 e. The van der Waals surface area contributed by atoms with Gasteiger partial charge in [-0.1, -0.05) is 30.3 Å². The lowest BCUT2D eigenvalue weighted by atomic mass is 9.96. The average molecular weight is 324 g/mol. The van der Waals surface area contributed by atoms with Crippen molar-refractivity contribution < 1.29 is 4.79 Å². The van der Waals surface area contributed by atoms with E-state index < -0.39 is 0 Å². The summed E-state index contributed by atoms with van der Waals surface area (Å²) < 4.78 is 0. The van der Waals surface area contributed by atoms with Gasteiger partial charge in [0.05, 0.1) is 6.20 Å². The number of benzene rings is 1. The summed E-state index contributed by atoms with van der Waals surface area (Å²) in [6.07, 6.45) is 8.76. The Balaban J connectivity index is 1.35. The second kappa shape index (κ2) is 8.43. The first-order valence-corrected chi connectivity index (χ1v) is 8.63. The third-order valence-corrected chi connectivity index (χ3v) is 4.56. The third kappa shape index (κ3) is 4.78. The molecule has 24 heavy (non-hydrogen) atoms. The van der Waals surface area contributed by atoms with Crippen LogP contribution in [0.3, 0.4) is 0 Å². The summed E-state index contributed by atoms with van der Waals surface area (Å²) in [7, 11) is 0. The molecule has 1 aromatic carbocycles. The second-order valence-electron chi connectivity index (χ2n) is 6.28. The van der Waals surface area contributed by atoms with E-state index in [1.165, 1.54) is 5.56 Å². The highest BCUT2D eigenvalue weighted by molar-refractivity contribution is 5.76. The molecule has 2 aromatic rings. The molecule has 0 aliphatic carbocycles. The molecule has 1 aliphatic heterocycles. The fraction of sp³-hybridized carbons (Fsp3) is 0.421. The molecule has 0 spiro atoms. The summed E-state index contributed by atoms with van der Waals surface area (Å²) in [6, 6.07) is 10.2. The van der Waals surface area contributed by atoms with Gasteiger partial charge in [-0.15, -0.1) is 0 Å². The number of rotatable bonds is 6. The first-order chi connectivity index (χ1) is 11.8. The van der Waals surface area contributed by atoms with Crippen LogP contribution in [0.1, 0.15) is 24.8 Å². The van der Waals surface area contributed by atoms with Crippen molar-refractivity contribution in [1.82, 2.24) is 15.3 Å². The van der Waals surface area contributed by atoms with Gasteiger partial charge in [0.1, 0.15) is 5.82 Å². The average Bonchev–Trinajstić information content (AvgIpc) is 2.67. The Bertz CT molecular complexity index is 624. The summed E-state index contributed by atoms with van der Waals surface area (Å²) in [6.45, 7) is 2.73. The molecule has 1 aliphatic rings. The van der Waals surface area contributed by atoms with Gasteiger partial charge >= 0.3 is 0 Å². The Morgan fingerprint density at radius 2 is 1.96 bits per heavy atom. The lowest BCUT2D eigenvalue weighted by molar-refractivity contribution is -0.121. The first kappa shape index (κ1) is 16.4. The van der Waals surface area contributed by atoms with Crippen molar-refractivity contribution >= 4 is 11.7 Å². The number of nitrogens with one attached hydrogen (secondary N) is 1. The number of aromatic nitrogens is 2. The number of hydrogen-bond acceptors (Lipinski definition) is 4. The van der Waals surface area contributed by atoms with Gasteiger partial charge in [-0.2, -0.15) is 0 Å². The Morgan fingerprint density at radius 1 is 1.17 bits per heavy atom. The maximum absolute atomic E-state index is 12.0. The van der Waals surface area contributed by atoms with Gasteiger partial charge in [-0.3, -0.25) is 9.78 Å². The zero-order valence-electron chi connectivity index (χ0n) is 13.9. The van der Waals surface area contributed by atoms with E-state index in [1.807, 2.05) is 24.4 Å². The van der Waals surface area contributed by atoms with Crippen LogP contribution >= 0.6 is 0 Å². The molecule has 1 saturated heterocycles. The molecule has 2 heterocycles. The number of carbonyl (C=O) groups excluding carboxylic acids is 1. The molecule has 1 aromatic heterocycles. The highest BCUT2D eigenvalue weighted by atomic mass is 16.1. The minimum absolute atomic E-state index is 0.148. The summed E-state index contributed by atoms with van der Waals surface area (Å²) in [5.74, 6) is 1.65. The number of anilines is 1. The minimum Gasteiger partial charge on any atom is -0.356 e. The van der Waals surface area contributed by atoms with Crippen molar-refractivity contribution in [3.05, 3.63) is 54.5 Å². The van der Waals surface area contributed by atoms with E-state index in [0.29, 0.717) is 12.3 Å². The van der Waals surface area contributed by atoms with Crippen molar-refractivity contribution in [2.75, 3.05) is 24.5 Å². The van der Waals surface area contributed by atoms with Gasteiger partial charge in [0.2, 0.25) is 5.91 Å². The van der Waals surface area contributed by atoms with Crippen molar-refractivity contribution in [1.29, 1.82) is 0 Å². The summed E-state index contributed by atoms with van der Waals surface area (Å²) in [4.78, 5) is 22.7. The SMILES string of the molecule is O=C(CCc1ccccc1)NCC1CCN(c2cnccn2)CC1. The Morgan fingerprint density at radius 3 is 2.67 bits per heavy atom. The number of aryl methyl sites for hydroxylation is 1. The number of nitrogens with zero attached hydrogens (tertiary/aromatic N) is 3. The summed E-state index contributed by atoms with van der Waals surface area (Å²) in [5, 5.41) is 3.09. The molecular weight excluding hydrogens is 300 g/mol. The van der Waals surface area contributed by atoms with E-state index in [1.54, 1.807) is 12.4 Å². The van der Waals surface area contributed by atoms with Crippen LogP contribution in [0, 0.1) is 5.92 Å². The highest BCUT2D eigenvalue weighted by Crippen LogP contribution is 2.20. The highest BCUT2D eigenvalue weighted by Gasteiger charge is 2.20. The van der Waals surface area contributed by atoms with Crippen LogP contribution in [0.2, 0.25) is 0 Å². The molecule has 0 radical (unpaired) electrons. The van der Waals surface area contributed by atoms with Crippen molar-refractivity contribution in [2.45, 2.75) is 25.7 Å². The molecule has 1 N–H and O–H groups in total. The molecule has 0 saturated carbocycles. The van der Waals surface area contributed by atoms with E-state index in [4.69, 9.17) is 0 Å². The molecule has 126 valence electrons. The predicted octanol–water partition coefficient (Wildman–Crippen LogP) is 2.44. The lowest BCUT2D eigenvalue weighted by Crippen LogP contribution is -2.39. The van der Waals surface area contributed by atoms with Gasteiger partial charge in [-0.05, 0) is 30.7 Å². The fourth-order valence-corrected chi connectivity index (χ4v) is 3.07.